The summed E-state index contributed by atoms with van der Waals surface area (Å²) in [7, 11) is 1.71. The van der Waals surface area contributed by atoms with E-state index in [9.17, 15) is 22.8 Å². The summed E-state index contributed by atoms with van der Waals surface area (Å²) in [5.41, 5.74) is 6.39. The van der Waals surface area contributed by atoms with Crippen molar-refractivity contribution in [2.45, 2.75) is 39.1 Å². The van der Waals surface area contributed by atoms with Crippen molar-refractivity contribution in [1.29, 1.82) is 0 Å². The largest absolute Gasteiger partial charge is 0.573 e. The lowest BCUT2D eigenvalue weighted by atomic mass is 10.0. The maximum atomic E-state index is 13.0. The molecule has 15 heteroatoms. The summed E-state index contributed by atoms with van der Waals surface area (Å²) in [6.45, 7) is 5.93. The number of hydrazine groups is 1. The molecule has 0 radical (unpaired) electrons. The molecule has 1 aromatic heterocycles. The number of amidine groups is 1. The molecule has 4 aromatic rings. The summed E-state index contributed by atoms with van der Waals surface area (Å²) in [5, 5.41) is 6.79. The van der Waals surface area contributed by atoms with E-state index >= 15 is 0 Å². The monoisotopic (exact) mass is 671 g/mol. The fourth-order valence-electron chi connectivity index (χ4n) is 4.69. The molecule has 0 bridgehead atoms. The van der Waals surface area contributed by atoms with E-state index in [1.165, 1.54) is 51.9 Å². The first-order chi connectivity index (χ1) is 21.8. The number of thioether (sulfide) groups is 1. The Bertz CT molecular complexity index is 1760. The lowest BCUT2D eigenvalue weighted by Gasteiger charge is -2.25. The number of aromatic nitrogens is 3. The zero-order chi connectivity index (χ0) is 33.2. The van der Waals surface area contributed by atoms with E-state index in [1.54, 1.807) is 24.2 Å². The molecule has 240 valence electrons. The van der Waals surface area contributed by atoms with Crippen LogP contribution in [0.4, 0.5) is 23.7 Å². The summed E-state index contributed by atoms with van der Waals surface area (Å²) < 4.78 is 42.7. The van der Waals surface area contributed by atoms with Crippen molar-refractivity contribution in [3.05, 3.63) is 89.2 Å². The molecule has 2 heterocycles. The molecular weight excluding hydrogens is 643 g/mol. The van der Waals surface area contributed by atoms with Gasteiger partial charge in [0.1, 0.15) is 12.1 Å². The minimum atomic E-state index is -4.77. The highest BCUT2D eigenvalue weighted by Crippen LogP contribution is 2.35. The Labute approximate surface area is 272 Å². The van der Waals surface area contributed by atoms with Gasteiger partial charge in [0.05, 0.1) is 23.2 Å². The van der Waals surface area contributed by atoms with Crippen molar-refractivity contribution in [3.8, 4) is 22.8 Å². The second kappa shape index (κ2) is 13.5. The zero-order valence-corrected chi connectivity index (χ0v) is 26.7. The van der Waals surface area contributed by atoms with Gasteiger partial charge >= 0.3 is 12.4 Å². The number of amides is 3. The number of alkyl halides is 3. The first-order valence-corrected chi connectivity index (χ1v) is 15.4. The highest BCUT2D eigenvalue weighted by Gasteiger charge is 2.33. The smallest absolute Gasteiger partial charge is 0.406 e. The molecule has 1 aliphatic rings. The molecule has 1 fully saturated rings. The third-order valence-corrected chi connectivity index (χ3v) is 8.31. The van der Waals surface area contributed by atoms with Gasteiger partial charge < -0.3 is 4.74 Å². The van der Waals surface area contributed by atoms with Gasteiger partial charge in [0.25, 0.3) is 0 Å². The second-order valence-electron chi connectivity index (χ2n) is 10.7. The molecule has 0 aliphatic carbocycles. The molecule has 0 spiro atoms. The number of anilines is 1. The molecule has 1 atom stereocenters. The number of nitrogens with zero attached hydrogens (tertiary/aromatic N) is 6. The van der Waals surface area contributed by atoms with Crippen LogP contribution >= 0.6 is 23.4 Å². The Morgan fingerprint density at radius 2 is 1.78 bits per heavy atom. The zero-order valence-electron chi connectivity index (χ0n) is 25.1. The number of rotatable bonds is 8. The Morgan fingerprint density at radius 3 is 2.43 bits per heavy atom. The predicted octanol–water partition coefficient (Wildman–Crippen LogP) is 7.36. The first kappa shape index (κ1) is 33.0. The standard InChI is InChI=1S/C31H29ClF3N7O3S/c1-18(2)25-14-9-22(32)15-26(25)42-27(43)16-46-30(42)37-29(44)39-40(4)19(3)20-5-7-21(8-6-20)28-36-17-41(38-28)23-10-12-24(13-11-23)45-31(33,34)35/h5-15,17-19H,16H2,1-4H3,(H,39,44)/b37-30-. The number of hydrogen-bond acceptors (Lipinski definition) is 7. The summed E-state index contributed by atoms with van der Waals surface area (Å²) in [6.07, 6.45) is -3.31. The van der Waals surface area contributed by atoms with Crippen LogP contribution in [0.1, 0.15) is 43.9 Å². The van der Waals surface area contributed by atoms with Gasteiger partial charge in [0.15, 0.2) is 11.0 Å². The minimum absolute atomic E-state index is 0.119. The number of hydrogen-bond donors (Lipinski definition) is 1. The molecule has 1 aliphatic heterocycles. The molecule has 5 rings (SSSR count). The van der Waals surface area contributed by atoms with Crippen molar-refractivity contribution < 1.29 is 27.5 Å². The number of halogens is 4. The van der Waals surface area contributed by atoms with E-state index in [1.807, 2.05) is 51.1 Å². The van der Waals surface area contributed by atoms with Crippen LogP contribution in [0.15, 0.2) is 78.0 Å². The minimum Gasteiger partial charge on any atom is -0.406 e. The van der Waals surface area contributed by atoms with Gasteiger partial charge in [-0.3, -0.25) is 15.1 Å². The van der Waals surface area contributed by atoms with Crippen LogP contribution in [0.25, 0.3) is 17.1 Å². The third kappa shape index (κ3) is 7.69. The van der Waals surface area contributed by atoms with Gasteiger partial charge in [-0.1, -0.05) is 67.5 Å². The van der Waals surface area contributed by atoms with Crippen LogP contribution in [0.5, 0.6) is 5.75 Å². The summed E-state index contributed by atoms with van der Waals surface area (Å²) in [4.78, 5) is 35.7. The number of ether oxygens (including phenoxy) is 1. The van der Waals surface area contributed by atoms with Crippen molar-refractivity contribution in [1.82, 2.24) is 25.2 Å². The molecule has 3 amide bonds. The lowest BCUT2D eigenvalue weighted by molar-refractivity contribution is -0.274. The van der Waals surface area contributed by atoms with Gasteiger partial charge in [-0.2, -0.15) is 4.99 Å². The van der Waals surface area contributed by atoms with E-state index in [-0.39, 0.29) is 34.5 Å². The fraction of sp³-hybridized carbons (Fsp3) is 0.258. The van der Waals surface area contributed by atoms with E-state index < -0.39 is 12.4 Å². The van der Waals surface area contributed by atoms with Gasteiger partial charge in [0.2, 0.25) is 5.91 Å². The normalized spacial score (nSPS) is 15.2. The molecule has 10 nitrogen and oxygen atoms in total. The molecule has 1 N–H and O–H groups in total. The van der Waals surface area contributed by atoms with Crippen LogP contribution in [-0.2, 0) is 4.79 Å². The Kier molecular flexibility index (Phi) is 9.70. The van der Waals surface area contributed by atoms with E-state index in [4.69, 9.17) is 11.6 Å². The SMILES string of the molecule is CC(C)c1ccc(Cl)cc1N1C(=O)CS/C1=N\C(=O)NN(C)C(C)c1ccc(-c2ncn(-c3ccc(OC(F)(F)F)cc3)n2)cc1. The Hall–Kier alpha value is -4.40. The van der Waals surface area contributed by atoms with Crippen molar-refractivity contribution in [3.63, 3.8) is 0 Å². The number of carbonyl (C=O) groups is 2. The van der Waals surface area contributed by atoms with Gasteiger partial charge in [0, 0.05) is 17.6 Å². The third-order valence-electron chi connectivity index (χ3n) is 7.15. The molecule has 0 saturated carbocycles. The van der Waals surface area contributed by atoms with Gasteiger partial charge in [-0.15, -0.1) is 18.3 Å². The van der Waals surface area contributed by atoms with E-state index in [0.717, 1.165) is 16.7 Å². The quantitative estimate of drug-likeness (QED) is 0.195. The maximum absolute atomic E-state index is 13.0. The highest BCUT2D eigenvalue weighted by atomic mass is 35.5. The van der Waals surface area contributed by atoms with Gasteiger partial charge in [-0.05, 0) is 60.4 Å². The molecule has 1 saturated heterocycles. The van der Waals surface area contributed by atoms with Crippen LogP contribution < -0.4 is 15.1 Å². The van der Waals surface area contributed by atoms with Gasteiger partial charge in [-0.25, -0.2) is 19.5 Å². The first-order valence-electron chi connectivity index (χ1n) is 14.0. The van der Waals surface area contributed by atoms with Crippen LogP contribution in [0.3, 0.4) is 0 Å². The molecule has 46 heavy (non-hydrogen) atoms. The summed E-state index contributed by atoms with van der Waals surface area (Å²) in [6, 6.07) is 17.2. The van der Waals surface area contributed by atoms with Crippen LogP contribution in [0.2, 0.25) is 5.02 Å². The number of benzene rings is 3. The number of aliphatic imine (C=N–C) groups is 1. The number of nitrogens with one attached hydrogen (secondary N) is 1. The fourth-order valence-corrected chi connectivity index (χ4v) is 5.72. The van der Waals surface area contributed by atoms with Crippen molar-refractivity contribution >= 4 is 46.2 Å². The Morgan fingerprint density at radius 1 is 1.09 bits per heavy atom. The van der Waals surface area contributed by atoms with Crippen LogP contribution in [-0.4, -0.2) is 56.0 Å². The number of urea groups is 1. The molecule has 3 aromatic carbocycles. The van der Waals surface area contributed by atoms with E-state index in [2.05, 4.69) is 25.2 Å². The highest BCUT2D eigenvalue weighted by molar-refractivity contribution is 8.15. The Balaban J connectivity index is 1.24. The summed E-state index contributed by atoms with van der Waals surface area (Å²) >= 11 is 7.43. The number of carbonyl (C=O) groups excluding carboxylic acids is 2. The lowest BCUT2D eigenvalue weighted by Crippen LogP contribution is -2.40. The van der Waals surface area contributed by atoms with Crippen molar-refractivity contribution in [2.24, 2.45) is 4.99 Å². The molecular formula is C31H29ClF3N7O3S. The average Bonchev–Trinajstić information content (AvgIpc) is 3.63. The van der Waals surface area contributed by atoms with Crippen molar-refractivity contribution in [2.75, 3.05) is 17.7 Å². The predicted molar refractivity (Wildman–Crippen MR) is 171 cm³/mol. The topological polar surface area (TPSA) is 105 Å². The van der Waals surface area contributed by atoms with Crippen LogP contribution in [0, 0.1) is 0 Å². The van der Waals surface area contributed by atoms with E-state index in [0.29, 0.717) is 22.2 Å². The second-order valence-corrected chi connectivity index (χ2v) is 12.0. The summed E-state index contributed by atoms with van der Waals surface area (Å²) in [5.74, 6) is 0.178. The average molecular weight is 672 g/mol. The molecule has 1 unspecified atom stereocenters. The maximum Gasteiger partial charge on any atom is 0.573 e.